The summed E-state index contributed by atoms with van der Waals surface area (Å²) in [5.41, 5.74) is 0. The molecule has 0 aliphatic carbocycles. The summed E-state index contributed by atoms with van der Waals surface area (Å²) in [5.74, 6) is 0.0471. The van der Waals surface area contributed by atoms with Crippen LogP contribution >= 0.6 is 0 Å². The number of hydrogen-bond donors (Lipinski definition) is 3. The van der Waals surface area contributed by atoms with Gasteiger partial charge in [0.25, 0.3) is 0 Å². The number of aliphatic hydroxyl groups excluding tert-OH is 1. The van der Waals surface area contributed by atoms with E-state index in [4.69, 9.17) is 0 Å². The van der Waals surface area contributed by atoms with Crippen LogP contribution in [-0.4, -0.2) is 46.5 Å². The zero-order valence-electron chi connectivity index (χ0n) is 10.8. The van der Waals surface area contributed by atoms with Crippen LogP contribution in [0.3, 0.4) is 0 Å². The standard InChI is InChI=1S/C12H22N4O2/c1-2-5-14-12(18)4-7-13-9-11(17)10-16-8-3-6-15-16/h3,6,8,11,13,17H,2,4-5,7,9-10H2,1H3,(H,14,18). The van der Waals surface area contributed by atoms with E-state index in [1.165, 1.54) is 0 Å². The van der Waals surface area contributed by atoms with Gasteiger partial charge < -0.3 is 15.7 Å². The molecule has 1 rings (SSSR count). The second-order valence-corrected chi connectivity index (χ2v) is 4.19. The summed E-state index contributed by atoms with van der Waals surface area (Å²) in [4.78, 5) is 11.3. The highest BCUT2D eigenvalue weighted by atomic mass is 16.3. The van der Waals surface area contributed by atoms with Gasteiger partial charge in [-0.1, -0.05) is 6.92 Å². The molecule has 0 spiro atoms. The van der Waals surface area contributed by atoms with E-state index in [0.29, 0.717) is 26.1 Å². The fraction of sp³-hybridized carbons (Fsp3) is 0.667. The van der Waals surface area contributed by atoms with Gasteiger partial charge >= 0.3 is 0 Å². The van der Waals surface area contributed by atoms with Crippen molar-refractivity contribution in [2.75, 3.05) is 19.6 Å². The maximum Gasteiger partial charge on any atom is 0.221 e. The number of aliphatic hydroxyl groups is 1. The Hall–Kier alpha value is -1.40. The highest BCUT2D eigenvalue weighted by molar-refractivity contribution is 5.75. The summed E-state index contributed by atoms with van der Waals surface area (Å²) in [6.45, 7) is 4.24. The van der Waals surface area contributed by atoms with Gasteiger partial charge in [0, 0.05) is 38.4 Å². The second-order valence-electron chi connectivity index (χ2n) is 4.19. The molecule has 0 bridgehead atoms. The molecule has 0 radical (unpaired) electrons. The molecular weight excluding hydrogens is 232 g/mol. The molecule has 3 N–H and O–H groups in total. The second kappa shape index (κ2) is 8.66. The number of rotatable bonds is 9. The van der Waals surface area contributed by atoms with Gasteiger partial charge in [-0.3, -0.25) is 9.48 Å². The molecule has 0 fully saturated rings. The molecule has 1 amide bonds. The van der Waals surface area contributed by atoms with Crippen molar-refractivity contribution in [3.8, 4) is 0 Å². The molecule has 6 nitrogen and oxygen atoms in total. The third-order valence-corrected chi connectivity index (χ3v) is 2.44. The zero-order chi connectivity index (χ0) is 13.2. The molecule has 1 aromatic rings. The first kappa shape index (κ1) is 14.7. The average molecular weight is 254 g/mol. The molecule has 18 heavy (non-hydrogen) atoms. The van der Waals surface area contributed by atoms with Crippen LogP contribution in [0, 0.1) is 0 Å². The van der Waals surface area contributed by atoms with Crippen molar-refractivity contribution >= 4 is 5.91 Å². The van der Waals surface area contributed by atoms with Gasteiger partial charge in [0.1, 0.15) is 0 Å². The molecule has 0 aromatic carbocycles. The highest BCUT2D eigenvalue weighted by Crippen LogP contribution is 1.90. The van der Waals surface area contributed by atoms with Gasteiger partial charge in [0.05, 0.1) is 12.6 Å². The van der Waals surface area contributed by atoms with Crippen LogP contribution in [0.25, 0.3) is 0 Å². The lowest BCUT2D eigenvalue weighted by Crippen LogP contribution is -2.33. The smallest absolute Gasteiger partial charge is 0.221 e. The number of amides is 1. The van der Waals surface area contributed by atoms with Crippen LogP contribution in [0.5, 0.6) is 0 Å². The molecule has 0 saturated carbocycles. The molecule has 1 unspecified atom stereocenters. The molecule has 1 atom stereocenters. The lowest BCUT2D eigenvalue weighted by atomic mass is 10.3. The molecule has 0 aliphatic heterocycles. The summed E-state index contributed by atoms with van der Waals surface area (Å²) >= 11 is 0. The largest absolute Gasteiger partial charge is 0.390 e. The summed E-state index contributed by atoms with van der Waals surface area (Å²) in [7, 11) is 0. The van der Waals surface area contributed by atoms with E-state index in [2.05, 4.69) is 15.7 Å². The van der Waals surface area contributed by atoms with Crippen LogP contribution in [0.2, 0.25) is 0 Å². The van der Waals surface area contributed by atoms with Crippen molar-refractivity contribution in [2.45, 2.75) is 32.4 Å². The maximum absolute atomic E-state index is 11.3. The Labute approximate surface area is 107 Å². The number of hydrogen-bond acceptors (Lipinski definition) is 4. The number of nitrogens with one attached hydrogen (secondary N) is 2. The topological polar surface area (TPSA) is 79.2 Å². The van der Waals surface area contributed by atoms with E-state index in [-0.39, 0.29) is 5.91 Å². The van der Waals surface area contributed by atoms with Crippen molar-refractivity contribution in [2.24, 2.45) is 0 Å². The van der Waals surface area contributed by atoms with Gasteiger partial charge in [0.2, 0.25) is 5.91 Å². The van der Waals surface area contributed by atoms with Crippen LogP contribution in [-0.2, 0) is 11.3 Å². The molecule has 6 heteroatoms. The van der Waals surface area contributed by atoms with E-state index in [1.54, 1.807) is 17.1 Å². The average Bonchev–Trinajstić information content (AvgIpc) is 2.85. The van der Waals surface area contributed by atoms with Crippen molar-refractivity contribution in [3.63, 3.8) is 0 Å². The normalized spacial score (nSPS) is 12.3. The maximum atomic E-state index is 11.3. The first-order valence-corrected chi connectivity index (χ1v) is 6.35. The van der Waals surface area contributed by atoms with E-state index >= 15 is 0 Å². The SMILES string of the molecule is CCCNC(=O)CCNCC(O)Cn1cccn1. The number of nitrogens with zero attached hydrogens (tertiary/aromatic N) is 2. The molecular formula is C12H22N4O2. The first-order chi connectivity index (χ1) is 8.72. The van der Waals surface area contributed by atoms with Crippen LogP contribution in [0.4, 0.5) is 0 Å². The highest BCUT2D eigenvalue weighted by Gasteiger charge is 2.05. The number of aromatic nitrogens is 2. The minimum absolute atomic E-state index is 0.0471. The van der Waals surface area contributed by atoms with Crippen molar-refractivity contribution in [1.82, 2.24) is 20.4 Å². The third kappa shape index (κ3) is 6.36. The Balaban J connectivity index is 2.01. The van der Waals surface area contributed by atoms with Crippen molar-refractivity contribution in [1.29, 1.82) is 0 Å². The predicted molar refractivity (Wildman–Crippen MR) is 69.0 cm³/mol. The summed E-state index contributed by atoms with van der Waals surface area (Å²) < 4.78 is 1.68. The van der Waals surface area contributed by atoms with Gasteiger partial charge in [-0.2, -0.15) is 5.10 Å². The molecule has 102 valence electrons. The monoisotopic (exact) mass is 254 g/mol. The third-order valence-electron chi connectivity index (χ3n) is 2.44. The summed E-state index contributed by atoms with van der Waals surface area (Å²) in [5, 5.41) is 19.6. The summed E-state index contributed by atoms with van der Waals surface area (Å²) in [6.07, 6.45) is 4.37. The summed E-state index contributed by atoms with van der Waals surface area (Å²) in [6, 6.07) is 1.82. The molecule has 0 aliphatic rings. The Kier molecular flexibility index (Phi) is 7.05. The zero-order valence-corrected chi connectivity index (χ0v) is 10.8. The number of carbonyl (C=O) groups excluding carboxylic acids is 1. The fourth-order valence-corrected chi connectivity index (χ4v) is 1.51. The Morgan fingerprint density at radius 3 is 3.00 bits per heavy atom. The Bertz CT molecular complexity index is 327. The quantitative estimate of drug-likeness (QED) is 0.531. The fourth-order valence-electron chi connectivity index (χ4n) is 1.51. The van der Waals surface area contributed by atoms with Crippen LogP contribution in [0.1, 0.15) is 19.8 Å². The number of carbonyl (C=O) groups is 1. The molecule has 1 heterocycles. The minimum Gasteiger partial charge on any atom is -0.390 e. The Morgan fingerprint density at radius 2 is 2.33 bits per heavy atom. The molecule has 0 saturated heterocycles. The first-order valence-electron chi connectivity index (χ1n) is 6.35. The van der Waals surface area contributed by atoms with E-state index < -0.39 is 6.10 Å². The van der Waals surface area contributed by atoms with Gasteiger partial charge in [-0.15, -0.1) is 0 Å². The van der Waals surface area contributed by atoms with Gasteiger partial charge in [0.15, 0.2) is 0 Å². The van der Waals surface area contributed by atoms with E-state index in [1.807, 2.05) is 13.0 Å². The van der Waals surface area contributed by atoms with Crippen LogP contribution in [0.15, 0.2) is 18.5 Å². The van der Waals surface area contributed by atoms with E-state index in [0.717, 1.165) is 13.0 Å². The lowest BCUT2D eigenvalue weighted by Gasteiger charge is -2.11. The van der Waals surface area contributed by atoms with Gasteiger partial charge in [-0.25, -0.2) is 0 Å². The van der Waals surface area contributed by atoms with Crippen LogP contribution < -0.4 is 10.6 Å². The van der Waals surface area contributed by atoms with Crippen molar-refractivity contribution < 1.29 is 9.90 Å². The van der Waals surface area contributed by atoms with E-state index in [9.17, 15) is 9.90 Å². The van der Waals surface area contributed by atoms with Crippen molar-refractivity contribution in [3.05, 3.63) is 18.5 Å². The Morgan fingerprint density at radius 1 is 1.50 bits per heavy atom. The predicted octanol–water partition coefficient (Wildman–Crippen LogP) is -0.250. The lowest BCUT2D eigenvalue weighted by molar-refractivity contribution is -0.121. The van der Waals surface area contributed by atoms with Gasteiger partial charge in [-0.05, 0) is 12.5 Å². The minimum atomic E-state index is -0.497. The molecule has 1 aromatic heterocycles.